The van der Waals surface area contributed by atoms with Crippen molar-refractivity contribution in [3.63, 3.8) is 0 Å². The Balaban J connectivity index is 1.97. The Morgan fingerprint density at radius 3 is 2.07 bits per heavy atom. The Labute approximate surface area is 181 Å². The predicted molar refractivity (Wildman–Crippen MR) is 115 cm³/mol. The summed E-state index contributed by atoms with van der Waals surface area (Å²) in [4.78, 5) is 41.9. The highest BCUT2D eigenvalue weighted by Crippen LogP contribution is 2.25. The van der Waals surface area contributed by atoms with Gasteiger partial charge in [-0.25, -0.2) is 9.59 Å². The summed E-state index contributed by atoms with van der Waals surface area (Å²) in [5.41, 5.74) is 0. The van der Waals surface area contributed by atoms with Crippen molar-refractivity contribution in [2.24, 2.45) is 0 Å². The number of hydrogen-bond donors (Lipinski definition) is 0. The van der Waals surface area contributed by atoms with Gasteiger partial charge < -0.3 is 14.4 Å². The van der Waals surface area contributed by atoms with Crippen LogP contribution in [0.5, 0.6) is 0 Å². The van der Waals surface area contributed by atoms with E-state index in [1.807, 2.05) is 6.92 Å². The quantitative estimate of drug-likeness (QED) is 0.386. The predicted octanol–water partition coefficient (Wildman–Crippen LogP) is 4.28. The lowest BCUT2D eigenvalue weighted by molar-refractivity contribution is -0.159. The van der Waals surface area contributed by atoms with Gasteiger partial charge in [-0.15, -0.1) is 0 Å². The molecule has 2 aliphatic heterocycles. The molecule has 0 aromatic heterocycles. The minimum absolute atomic E-state index is 0.130. The second kappa shape index (κ2) is 13.5. The summed E-state index contributed by atoms with van der Waals surface area (Å²) in [5.74, 6) is -0.429. The molecule has 2 aliphatic rings. The molecule has 0 aromatic carbocycles. The molecule has 2 heterocycles. The number of ether oxygens (including phenoxy) is 2. The van der Waals surface area contributed by atoms with E-state index in [9.17, 15) is 14.4 Å². The second-order valence-corrected chi connectivity index (χ2v) is 8.44. The molecule has 0 radical (unpaired) electrons. The highest BCUT2D eigenvalue weighted by atomic mass is 16.6. The number of amides is 2. The molecule has 2 rings (SSSR count). The third kappa shape index (κ3) is 7.17. The lowest BCUT2D eigenvalue weighted by Gasteiger charge is -2.40. The number of carbonyl (C=O) groups is 3. The molecule has 30 heavy (non-hydrogen) atoms. The molecule has 0 N–H and O–H groups in total. The fourth-order valence-electron chi connectivity index (χ4n) is 4.22. The summed E-state index contributed by atoms with van der Waals surface area (Å²) < 4.78 is 10.9. The Kier molecular flexibility index (Phi) is 11.0. The van der Waals surface area contributed by atoms with E-state index in [2.05, 4.69) is 6.92 Å². The van der Waals surface area contributed by atoms with Crippen molar-refractivity contribution < 1.29 is 23.9 Å². The van der Waals surface area contributed by atoms with Crippen molar-refractivity contribution in [1.82, 2.24) is 9.80 Å². The maximum absolute atomic E-state index is 13.4. The smallest absolute Gasteiger partial charge is 0.410 e. The zero-order chi connectivity index (χ0) is 21.8. The summed E-state index contributed by atoms with van der Waals surface area (Å²) in [6.07, 6.45) is 10.3. The van der Waals surface area contributed by atoms with Gasteiger partial charge in [-0.3, -0.25) is 9.69 Å². The average Bonchev–Trinajstić information content (AvgIpc) is 2.78. The topological polar surface area (TPSA) is 76.2 Å². The van der Waals surface area contributed by atoms with E-state index >= 15 is 0 Å². The normalized spacial score (nSPS) is 21.9. The van der Waals surface area contributed by atoms with Crippen LogP contribution in [0.4, 0.5) is 4.79 Å². The number of nitrogens with zero attached hydrogens (tertiary/aromatic N) is 2. The highest BCUT2D eigenvalue weighted by Gasteiger charge is 2.41. The Morgan fingerprint density at radius 2 is 1.37 bits per heavy atom. The molecule has 2 saturated heterocycles. The van der Waals surface area contributed by atoms with Crippen LogP contribution < -0.4 is 0 Å². The number of piperidine rings is 2. The molecule has 2 fully saturated rings. The van der Waals surface area contributed by atoms with Gasteiger partial charge in [-0.1, -0.05) is 39.5 Å². The van der Waals surface area contributed by atoms with Crippen molar-refractivity contribution in [2.45, 2.75) is 103 Å². The molecule has 2 atom stereocenters. The van der Waals surface area contributed by atoms with Crippen LogP contribution in [0.1, 0.15) is 90.9 Å². The molecule has 2 amide bonds. The van der Waals surface area contributed by atoms with Crippen LogP contribution in [0.25, 0.3) is 0 Å². The van der Waals surface area contributed by atoms with Gasteiger partial charge in [-0.2, -0.15) is 0 Å². The average molecular weight is 425 g/mol. The first kappa shape index (κ1) is 24.5. The third-order valence-electron chi connectivity index (χ3n) is 6.05. The SMILES string of the molecule is CCCCCCOC(=O)C1CCCCN1C(=O)C1CCCCN1C(=O)OCCCC. The van der Waals surface area contributed by atoms with Gasteiger partial charge in [0.2, 0.25) is 5.91 Å². The van der Waals surface area contributed by atoms with Crippen molar-refractivity contribution >= 4 is 18.0 Å². The molecular weight excluding hydrogens is 384 g/mol. The zero-order valence-corrected chi connectivity index (χ0v) is 18.9. The molecule has 0 spiro atoms. The Hall–Kier alpha value is -1.79. The van der Waals surface area contributed by atoms with Gasteiger partial charge >= 0.3 is 12.1 Å². The van der Waals surface area contributed by atoms with E-state index in [0.29, 0.717) is 39.1 Å². The summed E-state index contributed by atoms with van der Waals surface area (Å²) in [6, 6.07) is -1.07. The number of likely N-dealkylation sites (tertiary alicyclic amines) is 2. The minimum Gasteiger partial charge on any atom is -0.464 e. The van der Waals surface area contributed by atoms with Crippen LogP contribution in [-0.4, -0.2) is 66.2 Å². The fraction of sp³-hybridized carbons (Fsp3) is 0.870. The van der Waals surface area contributed by atoms with Gasteiger partial charge in [0, 0.05) is 13.1 Å². The van der Waals surface area contributed by atoms with Gasteiger partial charge in [0.05, 0.1) is 13.2 Å². The lowest BCUT2D eigenvalue weighted by atomic mass is 9.97. The zero-order valence-electron chi connectivity index (χ0n) is 18.9. The van der Waals surface area contributed by atoms with Gasteiger partial charge in [-0.05, 0) is 51.4 Å². The Morgan fingerprint density at radius 1 is 0.733 bits per heavy atom. The highest BCUT2D eigenvalue weighted by molar-refractivity contribution is 5.90. The number of esters is 1. The molecule has 7 nitrogen and oxygen atoms in total. The third-order valence-corrected chi connectivity index (χ3v) is 6.05. The first-order valence-corrected chi connectivity index (χ1v) is 12.0. The second-order valence-electron chi connectivity index (χ2n) is 8.44. The monoisotopic (exact) mass is 424 g/mol. The molecule has 0 saturated carbocycles. The number of rotatable bonds is 10. The van der Waals surface area contributed by atoms with E-state index < -0.39 is 18.2 Å². The van der Waals surface area contributed by atoms with Gasteiger partial charge in [0.15, 0.2) is 0 Å². The van der Waals surface area contributed by atoms with Crippen LogP contribution in [-0.2, 0) is 19.1 Å². The fourth-order valence-corrected chi connectivity index (χ4v) is 4.22. The maximum atomic E-state index is 13.4. The molecule has 2 unspecified atom stereocenters. The maximum Gasteiger partial charge on any atom is 0.410 e. The molecular formula is C23H40N2O5. The van der Waals surface area contributed by atoms with Crippen molar-refractivity contribution in [3.8, 4) is 0 Å². The van der Waals surface area contributed by atoms with Crippen LogP contribution in [0.2, 0.25) is 0 Å². The Bertz CT molecular complexity index is 554. The number of unbranched alkanes of at least 4 members (excludes halogenated alkanes) is 4. The van der Waals surface area contributed by atoms with Gasteiger partial charge in [0.25, 0.3) is 0 Å². The van der Waals surface area contributed by atoms with Gasteiger partial charge in [0.1, 0.15) is 12.1 Å². The molecule has 172 valence electrons. The van der Waals surface area contributed by atoms with Crippen molar-refractivity contribution in [3.05, 3.63) is 0 Å². The largest absolute Gasteiger partial charge is 0.464 e. The molecule has 0 aromatic rings. The first-order chi connectivity index (χ1) is 14.6. The van der Waals surface area contributed by atoms with E-state index in [1.54, 1.807) is 9.80 Å². The summed E-state index contributed by atoms with van der Waals surface area (Å²) in [6.45, 7) is 6.05. The number of carbonyl (C=O) groups excluding carboxylic acids is 3. The van der Waals surface area contributed by atoms with Crippen LogP contribution >= 0.6 is 0 Å². The van der Waals surface area contributed by atoms with Crippen LogP contribution in [0.3, 0.4) is 0 Å². The minimum atomic E-state index is -0.536. The van der Waals surface area contributed by atoms with Crippen LogP contribution in [0.15, 0.2) is 0 Å². The van der Waals surface area contributed by atoms with Crippen LogP contribution in [0, 0.1) is 0 Å². The standard InChI is InChI=1S/C23H40N2O5/c1-3-5-7-12-18-29-22(27)20-14-9-10-15-24(20)21(26)19-13-8-11-16-25(19)23(28)30-17-6-4-2/h19-20H,3-18H2,1-2H3. The summed E-state index contributed by atoms with van der Waals surface area (Å²) in [5, 5.41) is 0. The van der Waals surface area contributed by atoms with Crippen molar-refractivity contribution in [2.75, 3.05) is 26.3 Å². The number of hydrogen-bond acceptors (Lipinski definition) is 5. The molecule has 7 heteroatoms. The van der Waals surface area contributed by atoms with Crippen molar-refractivity contribution in [1.29, 1.82) is 0 Å². The van der Waals surface area contributed by atoms with E-state index in [-0.39, 0.29) is 11.9 Å². The molecule has 0 bridgehead atoms. The first-order valence-electron chi connectivity index (χ1n) is 12.0. The summed E-state index contributed by atoms with van der Waals surface area (Å²) in [7, 11) is 0. The lowest BCUT2D eigenvalue weighted by Crippen LogP contribution is -2.58. The molecule has 0 aliphatic carbocycles. The van der Waals surface area contributed by atoms with E-state index in [1.165, 1.54) is 0 Å². The van der Waals surface area contributed by atoms with E-state index in [0.717, 1.165) is 64.2 Å². The summed E-state index contributed by atoms with van der Waals surface area (Å²) >= 11 is 0. The van der Waals surface area contributed by atoms with E-state index in [4.69, 9.17) is 9.47 Å².